The van der Waals surface area contributed by atoms with Gasteiger partial charge in [0.2, 0.25) is 11.8 Å². The molecule has 0 aromatic heterocycles. The van der Waals surface area contributed by atoms with Crippen molar-refractivity contribution in [3.8, 4) is 0 Å². The van der Waals surface area contributed by atoms with Crippen LogP contribution in [0, 0.1) is 0 Å². The average molecular weight is 156 g/mol. The first-order valence-electron chi connectivity index (χ1n) is 3.24. The molecule has 0 aliphatic rings. The Kier molecular flexibility index (Phi) is 3.95. The number of likely N-dealkylation sites (N-methyl/N-ethyl adjacent to an activating group) is 1. The van der Waals surface area contributed by atoms with Crippen molar-refractivity contribution in [3.05, 3.63) is 12.2 Å². The van der Waals surface area contributed by atoms with Gasteiger partial charge < -0.3 is 10.6 Å². The summed E-state index contributed by atoms with van der Waals surface area (Å²) >= 11 is 0. The van der Waals surface area contributed by atoms with Gasteiger partial charge in [0.05, 0.1) is 6.54 Å². The van der Waals surface area contributed by atoms with Crippen molar-refractivity contribution in [1.82, 2.24) is 4.90 Å². The quantitative estimate of drug-likeness (QED) is 0.560. The normalized spacial score (nSPS) is 10.0. The van der Waals surface area contributed by atoms with Gasteiger partial charge in [0.1, 0.15) is 0 Å². The van der Waals surface area contributed by atoms with Crippen LogP contribution in [-0.4, -0.2) is 30.3 Å². The van der Waals surface area contributed by atoms with Crippen molar-refractivity contribution < 1.29 is 9.59 Å². The van der Waals surface area contributed by atoms with Crippen molar-refractivity contribution in [3.63, 3.8) is 0 Å². The Morgan fingerprint density at radius 3 is 2.45 bits per heavy atom. The highest BCUT2D eigenvalue weighted by Gasteiger charge is 2.05. The number of nitrogens with two attached hydrogens (primary N) is 1. The highest BCUT2D eigenvalue weighted by atomic mass is 16.2. The highest BCUT2D eigenvalue weighted by molar-refractivity contribution is 5.90. The molecule has 0 unspecified atom stereocenters. The van der Waals surface area contributed by atoms with E-state index in [0.29, 0.717) is 0 Å². The fourth-order valence-corrected chi connectivity index (χ4v) is 0.581. The Labute approximate surface area is 65.7 Å². The zero-order valence-electron chi connectivity index (χ0n) is 6.70. The molecular weight excluding hydrogens is 144 g/mol. The van der Waals surface area contributed by atoms with E-state index in [1.165, 1.54) is 18.0 Å². The molecule has 0 saturated carbocycles. The van der Waals surface area contributed by atoms with Crippen LogP contribution in [0.2, 0.25) is 0 Å². The first kappa shape index (κ1) is 9.68. The molecule has 2 amide bonds. The molecule has 0 fully saturated rings. The van der Waals surface area contributed by atoms with Gasteiger partial charge in [0.25, 0.3) is 0 Å². The molecule has 4 nitrogen and oxygen atoms in total. The van der Waals surface area contributed by atoms with Crippen molar-refractivity contribution in [2.45, 2.75) is 6.92 Å². The predicted octanol–water partition coefficient (Wildman–Crippen LogP) is -0.494. The second kappa shape index (κ2) is 4.49. The molecule has 62 valence electrons. The van der Waals surface area contributed by atoms with Crippen LogP contribution in [0.5, 0.6) is 0 Å². The lowest BCUT2D eigenvalue weighted by Crippen LogP contribution is -2.34. The minimum atomic E-state index is -0.509. The lowest BCUT2D eigenvalue weighted by Gasteiger charge is -2.11. The summed E-state index contributed by atoms with van der Waals surface area (Å²) in [5, 5.41) is 0. The van der Waals surface area contributed by atoms with E-state index in [0.717, 1.165) is 0 Å². The molecule has 0 saturated heterocycles. The van der Waals surface area contributed by atoms with Gasteiger partial charge in [-0.2, -0.15) is 0 Å². The summed E-state index contributed by atoms with van der Waals surface area (Å²) in [4.78, 5) is 22.5. The van der Waals surface area contributed by atoms with Crippen LogP contribution in [0.1, 0.15) is 6.92 Å². The number of rotatable bonds is 3. The van der Waals surface area contributed by atoms with Gasteiger partial charge in [-0.3, -0.25) is 9.59 Å². The van der Waals surface area contributed by atoms with Gasteiger partial charge in [0, 0.05) is 7.05 Å². The molecule has 2 N–H and O–H groups in total. The van der Waals surface area contributed by atoms with Gasteiger partial charge in [-0.15, -0.1) is 0 Å². The maximum absolute atomic E-state index is 10.9. The molecule has 0 radical (unpaired) electrons. The summed E-state index contributed by atoms with van der Waals surface area (Å²) in [6.45, 7) is 1.69. The fraction of sp³-hybridized carbons (Fsp3) is 0.429. The maximum Gasteiger partial charge on any atom is 0.246 e. The average Bonchev–Trinajstić information content (AvgIpc) is 1.86. The molecule has 11 heavy (non-hydrogen) atoms. The summed E-state index contributed by atoms with van der Waals surface area (Å²) in [7, 11) is 1.52. The monoisotopic (exact) mass is 156 g/mol. The Morgan fingerprint density at radius 1 is 1.55 bits per heavy atom. The van der Waals surface area contributed by atoms with E-state index in [-0.39, 0.29) is 12.5 Å². The van der Waals surface area contributed by atoms with Gasteiger partial charge >= 0.3 is 0 Å². The molecule has 0 atom stereocenters. The Morgan fingerprint density at radius 2 is 2.09 bits per heavy atom. The summed E-state index contributed by atoms with van der Waals surface area (Å²) in [5.74, 6) is -0.725. The molecule has 0 spiro atoms. The number of nitrogens with zero attached hydrogens (tertiary/aromatic N) is 1. The maximum atomic E-state index is 10.9. The van der Waals surface area contributed by atoms with Crippen molar-refractivity contribution in [2.24, 2.45) is 5.73 Å². The minimum Gasteiger partial charge on any atom is -0.368 e. The molecule has 0 bridgehead atoms. The number of carbonyl (C=O) groups is 2. The molecule has 0 aromatic carbocycles. The van der Waals surface area contributed by atoms with Crippen molar-refractivity contribution in [1.29, 1.82) is 0 Å². The van der Waals surface area contributed by atoms with E-state index < -0.39 is 5.91 Å². The van der Waals surface area contributed by atoms with Crippen LogP contribution in [0.25, 0.3) is 0 Å². The SMILES string of the molecule is C/C=C/C(=O)N(C)CC(N)=O. The van der Waals surface area contributed by atoms with Crippen LogP contribution in [0.4, 0.5) is 0 Å². The third kappa shape index (κ3) is 4.13. The third-order valence-corrected chi connectivity index (χ3v) is 1.08. The summed E-state index contributed by atoms with van der Waals surface area (Å²) in [6.07, 6.45) is 2.99. The summed E-state index contributed by atoms with van der Waals surface area (Å²) in [6, 6.07) is 0. The number of amides is 2. The topological polar surface area (TPSA) is 63.4 Å². The molecule has 0 rings (SSSR count). The first-order chi connectivity index (χ1) is 5.07. The molecule has 0 heterocycles. The minimum absolute atomic E-state index is 0.0385. The first-order valence-corrected chi connectivity index (χ1v) is 3.24. The van der Waals surface area contributed by atoms with Gasteiger partial charge in [-0.1, -0.05) is 6.08 Å². The van der Waals surface area contributed by atoms with Gasteiger partial charge in [0.15, 0.2) is 0 Å². The van der Waals surface area contributed by atoms with Crippen LogP contribution in [-0.2, 0) is 9.59 Å². The number of hydrogen-bond acceptors (Lipinski definition) is 2. The zero-order valence-corrected chi connectivity index (χ0v) is 6.70. The number of allylic oxidation sites excluding steroid dienone is 1. The van der Waals surface area contributed by atoms with Crippen LogP contribution < -0.4 is 5.73 Å². The Balaban J connectivity index is 3.92. The largest absolute Gasteiger partial charge is 0.368 e. The van der Waals surface area contributed by atoms with E-state index in [2.05, 4.69) is 0 Å². The lowest BCUT2D eigenvalue weighted by atomic mass is 10.4. The molecular formula is C7H12N2O2. The standard InChI is InChI=1S/C7H12N2O2/c1-3-4-7(11)9(2)5-6(8)10/h3-4H,5H2,1-2H3,(H2,8,10)/b4-3+. The van der Waals surface area contributed by atoms with Crippen LogP contribution >= 0.6 is 0 Å². The summed E-state index contributed by atoms with van der Waals surface area (Å²) in [5.41, 5.74) is 4.87. The third-order valence-electron chi connectivity index (χ3n) is 1.08. The molecule has 0 aliphatic heterocycles. The molecule has 4 heteroatoms. The van der Waals surface area contributed by atoms with E-state index >= 15 is 0 Å². The fourth-order valence-electron chi connectivity index (χ4n) is 0.581. The lowest BCUT2D eigenvalue weighted by molar-refractivity contribution is -0.129. The van der Waals surface area contributed by atoms with E-state index in [4.69, 9.17) is 5.73 Å². The molecule has 0 aliphatic carbocycles. The van der Waals surface area contributed by atoms with Gasteiger partial charge in [-0.05, 0) is 13.0 Å². The Hall–Kier alpha value is -1.32. The summed E-state index contributed by atoms with van der Waals surface area (Å²) < 4.78 is 0. The zero-order chi connectivity index (χ0) is 8.85. The van der Waals surface area contributed by atoms with E-state index in [1.54, 1.807) is 13.0 Å². The van der Waals surface area contributed by atoms with Crippen molar-refractivity contribution >= 4 is 11.8 Å². The smallest absolute Gasteiger partial charge is 0.246 e. The Bertz CT molecular complexity index is 187. The highest BCUT2D eigenvalue weighted by Crippen LogP contribution is 1.85. The van der Waals surface area contributed by atoms with Crippen molar-refractivity contribution in [2.75, 3.05) is 13.6 Å². The second-order valence-electron chi connectivity index (χ2n) is 2.16. The molecule has 0 aromatic rings. The van der Waals surface area contributed by atoms with Gasteiger partial charge in [-0.25, -0.2) is 0 Å². The number of primary amides is 1. The van der Waals surface area contributed by atoms with E-state index in [1.807, 2.05) is 0 Å². The number of hydrogen-bond donors (Lipinski definition) is 1. The second-order valence-corrected chi connectivity index (χ2v) is 2.16. The van der Waals surface area contributed by atoms with Crippen LogP contribution in [0.3, 0.4) is 0 Å². The number of carbonyl (C=O) groups excluding carboxylic acids is 2. The van der Waals surface area contributed by atoms with E-state index in [9.17, 15) is 9.59 Å². The predicted molar refractivity (Wildman–Crippen MR) is 41.6 cm³/mol. The van der Waals surface area contributed by atoms with Crippen LogP contribution in [0.15, 0.2) is 12.2 Å².